The van der Waals surface area contributed by atoms with E-state index in [1.807, 2.05) is 6.07 Å². The molecule has 5 rings (SSSR count). The zero-order valence-corrected chi connectivity index (χ0v) is 16.7. The van der Waals surface area contributed by atoms with Crippen molar-refractivity contribution in [3.63, 3.8) is 0 Å². The van der Waals surface area contributed by atoms with Crippen LogP contribution >= 0.6 is 0 Å². The molecule has 8 nitrogen and oxygen atoms in total. The molecule has 0 saturated carbocycles. The van der Waals surface area contributed by atoms with Crippen LogP contribution in [0.25, 0.3) is 0 Å². The van der Waals surface area contributed by atoms with Crippen LogP contribution in [0.4, 0.5) is 5.69 Å². The molecule has 0 radical (unpaired) electrons. The molecule has 0 spiro atoms. The Balaban J connectivity index is 1.47. The second kappa shape index (κ2) is 6.43. The van der Waals surface area contributed by atoms with Crippen LogP contribution in [-0.2, 0) is 21.4 Å². The fourth-order valence-electron chi connectivity index (χ4n) is 4.55. The van der Waals surface area contributed by atoms with Crippen molar-refractivity contribution in [2.24, 2.45) is 5.92 Å². The summed E-state index contributed by atoms with van der Waals surface area (Å²) in [6, 6.07) is 9.74. The minimum absolute atomic E-state index is 0.00677. The summed E-state index contributed by atoms with van der Waals surface area (Å²) in [6.07, 6.45) is 0.261. The van der Waals surface area contributed by atoms with Crippen molar-refractivity contribution in [3.05, 3.63) is 52.4 Å². The molecule has 29 heavy (non-hydrogen) atoms. The predicted octanol–water partition coefficient (Wildman–Crippen LogP) is 1.38. The molecule has 1 fully saturated rings. The van der Waals surface area contributed by atoms with Crippen molar-refractivity contribution in [2.75, 3.05) is 18.4 Å². The zero-order valence-electron chi connectivity index (χ0n) is 15.9. The first kappa shape index (κ1) is 18.4. The lowest BCUT2D eigenvalue weighted by molar-refractivity contribution is -0.122. The lowest BCUT2D eigenvalue weighted by Crippen LogP contribution is -2.49. The van der Waals surface area contributed by atoms with E-state index in [-0.39, 0.29) is 28.2 Å². The zero-order chi connectivity index (χ0) is 20.3. The van der Waals surface area contributed by atoms with Crippen LogP contribution in [0.3, 0.4) is 0 Å². The molecule has 2 bridgehead atoms. The first-order valence-corrected chi connectivity index (χ1v) is 11.1. The number of carbonyl (C=O) groups is 1. The van der Waals surface area contributed by atoms with Gasteiger partial charge in [-0.25, -0.2) is 8.42 Å². The topological polar surface area (TPSA) is 97.7 Å². The van der Waals surface area contributed by atoms with Gasteiger partial charge in [0.25, 0.3) is 11.5 Å². The molecule has 152 valence electrons. The Morgan fingerprint density at radius 3 is 2.76 bits per heavy atom. The number of hydrogen-bond donors (Lipinski definition) is 1. The number of piperidine rings is 1. The fourth-order valence-corrected chi connectivity index (χ4v) is 6.13. The van der Waals surface area contributed by atoms with Gasteiger partial charge < -0.3 is 14.6 Å². The first-order valence-electron chi connectivity index (χ1n) is 9.64. The van der Waals surface area contributed by atoms with E-state index in [9.17, 15) is 18.0 Å². The summed E-state index contributed by atoms with van der Waals surface area (Å²) < 4.78 is 35.5. The van der Waals surface area contributed by atoms with Crippen molar-refractivity contribution in [3.8, 4) is 5.75 Å². The number of pyridine rings is 1. The Bertz CT molecular complexity index is 1170. The van der Waals surface area contributed by atoms with Crippen LogP contribution in [0.15, 0.2) is 46.1 Å². The van der Waals surface area contributed by atoms with Gasteiger partial charge in [-0.2, -0.15) is 4.31 Å². The van der Waals surface area contributed by atoms with Crippen molar-refractivity contribution in [1.82, 2.24) is 8.87 Å². The third-order valence-electron chi connectivity index (χ3n) is 5.97. The SMILES string of the molecule is CC1Oc2ccc(S(=O)(=O)N3CC4CC(C3)c3cccc(=O)n3C4)cc2NC1=O. The van der Waals surface area contributed by atoms with Gasteiger partial charge in [0, 0.05) is 37.3 Å². The molecule has 1 aromatic heterocycles. The maximum atomic E-state index is 13.3. The van der Waals surface area contributed by atoms with Crippen LogP contribution in [0.1, 0.15) is 25.0 Å². The largest absolute Gasteiger partial charge is 0.479 e. The van der Waals surface area contributed by atoms with E-state index in [1.54, 1.807) is 29.7 Å². The van der Waals surface area contributed by atoms with Gasteiger partial charge in [0.15, 0.2) is 6.10 Å². The van der Waals surface area contributed by atoms with Gasteiger partial charge in [-0.1, -0.05) is 6.07 Å². The van der Waals surface area contributed by atoms with Crippen molar-refractivity contribution in [2.45, 2.75) is 36.8 Å². The van der Waals surface area contributed by atoms with Crippen LogP contribution in [-0.4, -0.2) is 42.4 Å². The Kier molecular flexibility index (Phi) is 4.08. The molecule has 9 heteroatoms. The maximum absolute atomic E-state index is 13.3. The minimum atomic E-state index is -3.74. The van der Waals surface area contributed by atoms with E-state index in [2.05, 4.69) is 5.32 Å². The highest BCUT2D eigenvalue weighted by molar-refractivity contribution is 7.89. The summed E-state index contributed by atoms with van der Waals surface area (Å²) in [7, 11) is -3.74. The Labute approximate surface area is 168 Å². The van der Waals surface area contributed by atoms with Crippen LogP contribution in [0.2, 0.25) is 0 Å². The van der Waals surface area contributed by atoms with E-state index >= 15 is 0 Å². The number of amides is 1. The van der Waals surface area contributed by atoms with Crippen molar-refractivity contribution >= 4 is 21.6 Å². The average molecular weight is 415 g/mol. The highest BCUT2D eigenvalue weighted by atomic mass is 32.2. The van der Waals surface area contributed by atoms with Gasteiger partial charge in [0.1, 0.15) is 5.75 Å². The highest BCUT2D eigenvalue weighted by Crippen LogP contribution is 2.38. The normalized spacial score (nSPS) is 26.1. The number of nitrogens with zero attached hydrogens (tertiary/aromatic N) is 2. The van der Waals surface area contributed by atoms with Crippen molar-refractivity contribution < 1.29 is 17.9 Å². The van der Waals surface area contributed by atoms with E-state index < -0.39 is 16.1 Å². The molecule has 0 aliphatic carbocycles. The van der Waals surface area contributed by atoms with Crippen LogP contribution in [0, 0.1) is 5.92 Å². The highest BCUT2D eigenvalue weighted by Gasteiger charge is 2.39. The number of nitrogens with one attached hydrogen (secondary N) is 1. The molecular formula is C20H21N3O5S. The molecule has 1 amide bonds. The van der Waals surface area contributed by atoms with Gasteiger partial charge >= 0.3 is 0 Å². The molecule has 3 aliphatic rings. The second-order valence-corrected chi connectivity index (χ2v) is 9.87. The van der Waals surface area contributed by atoms with Gasteiger partial charge in [-0.3, -0.25) is 9.59 Å². The Hall–Kier alpha value is -2.65. The number of fused-ring (bicyclic) bond motifs is 5. The number of hydrogen-bond acceptors (Lipinski definition) is 5. The lowest BCUT2D eigenvalue weighted by atomic mass is 9.84. The standard InChI is InChI=1S/C20H21N3O5S/c1-12-20(25)21-16-8-15(5-6-18(16)28-12)29(26,27)22-9-13-7-14(11-22)17-3-2-4-19(24)23(17)10-13/h2-6,8,12-14H,7,9-11H2,1H3,(H,21,25). The summed E-state index contributed by atoms with van der Waals surface area (Å²) in [5, 5.41) is 2.70. The van der Waals surface area contributed by atoms with E-state index in [0.717, 1.165) is 12.1 Å². The lowest BCUT2D eigenvalue weighted by Gasteiger charge is -2.42. The van der Waals surface area contributed by atoms with Crippen LogP contribution in [0.5, 0.6) is 5.75 Å². The number of benzene rings is 1. The third kappa shape index (κ3) is 2.96. The monoisotopic (exact) mass is 415 g/mol. The Morgan fingerprint density at radius 2 is 1.93 bits per heavy atom. The van der Waals surface area contributed by atoms with Gasteiger partial charge in [-0.05, 0) is 43.5 Å². The molecule has 1 saturated heterocycles. The Morgan fingerprint density at radius 1 is 1.10 bits per heavy atom. The molecular weight excluding hydrogens is 394 g/mol. The van der Waals surface area contributed by atoms with Crippen molar-refractivity contribution in [1.29, 1.82) is 0 Å². The van der Waals surface area contributed by atoms with Crippen LogP contribution < -0.4 is 15.6 Å². The molecule has 3 unspecified atom stereocenters. The predicted molar refractivity (Wildman–Crippen MR) is 105 cm³/mol. The van der Waals surface area contributed by atoms with E-state index in [0.29, 0.717) is 31.1 Å². The second-order valence-electron chi connectivity index (χ2n) is 7.93. The number of rotatable bonds is 2. The fraction of sp³-hybridized carbons (Fsp3) is 0.400. The smallest absolute Gasteiger partial charge is 0.265 e. The molecule has 1 aromatic carbocycles. The number of anilines is 1. The van der Waals surface area contributed by atoms with E-state index in [1.165, 1.54) is 16.4 Å². The summed E-state index contributed by atoms with van der Waals surface area (Å²) in [4.78, 5) is 24.2. The summed E-state index contributed by atoms with van der Waals surface area (Å²) >= 11 is 0. The number of carbonyl (C=O) groups excluding carboxylic acids is 1. The molecule has 3 atom stereocenters. The number of aromatic nitrogens is 1. The molecule has 2 aromatic rings. The van der Waals surface area contributed by atoms with Gasteiger partial charge in [0.05, 0.1) is 10.6 Å². The molecule has 3 aliphatic heterocycles. The number of sulfonamides is 1. The molecule has 1 N–H and O–H groups in total. The number of ether oxygens (including phenoxy) is 1. The first-order chi connectivity index (χ1) is 13.8. The third-order valence-corrected chi connectivity index (χ3v) is 7.79. The summed E-state index contributed by atoms with van der Waals surface area (Å²) in [5.74, 6) is 0.242. The maximum Gasteiger partial charge on any atom is 0.265 e. The van der Waals surface area contributed by atoms with Gasteiger partial charge in [0.2, 0.25) is 10.0 Å². The minimum Gasteiger partial charge on any atom is -0.479 e. The summed E-state index contributed by atoms with van der Waals surface area (Å²) in [6.45, 7) is 2.87. The summed E-state index contributed by atoms with van der Waals surface area (Å²) in [5.41, 5.74) is 1.23. The van der Waals surface area contributed by atoms with E-state index in [4.69, 9.17) is 4.74 Å². The quantitative estimate of drug-likeness (QED) is 0.799. The average Bonchev–Trinajstić information content (AvgIpc) is 2.69. The van der Waals surface area contributed by atoms with Gasteiger partial charge in [-0.15, -0.1) is 0 Å². The molecule has 4 heterocycles.